The van der Waals surface area contributed by atoms with E-state index < -0.39 is 0 Å². The van der Waals surface area contributed by atoms with Crippen LogP contribution in [0.2, 0.25) is 0 Å². The van der Waals surface area contributed by atoms with Gasteiger partial charge in [-0.05, 0) is 53.1 Å². The first kappa shape index (κ1) is 21.3. The van der Waals surface area contributed by atoms with Gasteiger partial charge in [0.25, 0.3) is 5.91 Å². The zero-order chi connectivity index (χ0) is 24.2. The molecule has 0 bridgehead atoms. The molecule has 6 heteroatoms. The third kappa shape index (κ3) is 3.33. The van der Waals surface area contributed by atoms with Crippen LogP contribution in [0.4, 0.5) is 0 Å². The quantitative estimate of drug-likeness (QED) is 0.267. The number of hydrogen-bond donors (Lipinski definition) is 1. The molecule has 0 saturated carbocycles. The maximum atomic E-state index is 13.8. The fraction of sp³-hybridized carbons (Fsp3) is 0.100. The van der Waals surface area contributed by atoms with E-state index in [0.717, 1.165) is 60.4 Å². The van der Waals surface area contributed by atoms with Gasteiger partial charge in [0.1, 0.15) is 0 Å². The Hall–Kier alpha value is -4.03. The predicted octanol–water partition coefficient (Wildman–Crippen LogP) is 7.07. The van der Waals surface area contributed by atoms with E-state index in [-0.39, 0.29) is 18.7 Å². The first-order valence-electron chi connectivity index (χ1n) is 11.8. The molecule has 7 rings (SSSR count). The molecule has 1 N–H and O–H groups in total. The van der Waals surface area contributed by atoms with Crippen molar-refractivity contribution < 1.29 is 14.3 Å². The summed E-state index contributed by atoms with van der Waals surface area (Å²) in [4.78, 5) is 19.4. The van der Waals surface area contributed by atoms with Gasteiger partial charge in [0.15, 0.2) is 11.5 Å². The van der Waals surface area contributed by atoms with Crippen LogP contribution in [0.15, 0.2) is 95.5 Å². The highest BCUT2D eigenvalue weighted by molar-refractivity contribution is 9.10. The van der Waals surface area contributed by atoms with Crippen molar-refractivity contribution >= 4 is 32.7 Å². The Morgan fingerprint density at radius 3 is 2.56 bits per heavy atom. The van der Waals surface area contributed by atoms with E-state index in [4.69, 9.17) is 9.47 Å². The molecule has 0 aliphatic carbocycles. The number of ether oxygens (including phenoxy) is 2. The molecule has 5 aromatic rings. The molecule has 1 atom stereocenters. The first-order valence-corrected chi connectivity index (χ1v) is 12.6. The van der Waals surface area contributed by atoms with E-state index in [9.17, 15) is 4.79 Å². The van der Waals surface area contributed by atoms with Gasteiger partial charge in [0.05, 0.1) is 11.7 Å². The number of fused-ring (bicyclic) bond motifs is 3. The van der Waals surface area contributed by atoms with Crippen molar-refractivity contribution in [2.24, 2.45) is 0 Å². The summed E-state index contributed by atoms with van der Waals surface area (Å²) in [5.74, 6) is 1.48. The number of benzene rings is 4. The first-order chi connectivity index (χ1) is 17.7. The summed E-state index contributed by atoms with van der Waals surface area (Å²) in [6.45, 7) is 0.676. The smallest absolute Gasteiger partial charge is 0.255 e. The fourth-order valence-corrected chi connectivity index (χ4v) is 5.64. The summed E-state index contributed by atoms with van der Waals surface area (Å²) in [7, 11) is 0. The molecule has 4 aromatic carbocycles. The minimum absolute atomic E-state index is 0.0281. The number of H-pyrrole nitrogens is 1. The van der Waals surface area contributed by atoms with Crippen molar-refractivity contribution in [3.8, 4) is 22.8 Å². The predicted molar refractivity (Wildman–Crippen MR) is 142 cm³/mol. The second kappa shape index (κ2) is 8.28. The van der Waals surface area contributed by atoms with Gasteiger partial charge in [0, 0.05) is 33.0 Å². The van der Waals surface area contributed by atoms with Gasteiger partial charge in [0.2, 0.25) is 6.79 Å². The molecule has 0 fully saturated rings. The molecular formula is C30H21BrN2O3. The molecular weight excluding hydrogens is 516 g/mol. The molecule has 0 radical (unpaired) electrons. The number of aromatic nitrogens is 1. The third-order valence-corrected chi connectivity index (χ3v) is 7.53. The number of amides is 1. The van der Waals surface area contributed by atoms with E-state index in [1.807, 2.05) is 59.5 Å². The van der Waals surface area contributed by atoms with Crippen LogP contribution in [0, 0.1) is 0 Å². The highest BCUT2D eigenvalue weighted by atomic mass is 79.9. The van der Waals surface area contributed by atoms with Crippen LogP contribution in [0.5, 0.6) is 11.5 Å². The lowest BCUT2D eigenvalue weighted by Gasteiger charge is -2.27. The molecule has 176 valence electrons. The Morgan fingerprint density at radius 1 is 0.889 bits per heavy atom. The maximum Gasteiger partial charge on any atom is 0.255 e. The Morgan fingerprint density at radius 2 is 1.67 bits per heavy atom. The topological polar surface area (TPSA) is 54.6 Å². The summed E-state index contributed by atoms with van der Waals surface area (Å²) in [5, 5.41) is 1.11. The van der Waals surface area contributed by atoms with Gasteiger partial charge in [-0.2, -0.15) is 0 Å². The van der Waals surface area contributed by atoms with Gasteiger partial charge in [-0.1, -0.05) is 70.5 Å². The van der Waals surface area contributed by atoms with Crippen LogP contribution >= 0.6 is 15.9 Å². The lowest BCUT2D eigenvalue weighted by Crippen LogP contribution is -2.28. The van der Waals surface area contributed by atoms with Crippen LogP contribution < -0.4 is 9.47 Å². The third-order valence-electron chi connectivity index (χ3n) is 7.00. The van der Waals surface area contributed by atoms with E-state index in [2.05, 4.69) is 57.3 Å². The van der Waals surface area contributed by atoms with Crippen LogP contribution in [-0.4, -0.2) is 22.6 Å². The molecule has 2 aliphatic heterocycles. The van der Waals surface area contributed by atoms with Crippen molar-refractivity contribution in [2.75, 3.05) is 6.79 Å². The van der Waals surface area contributed by atoms with E-state index >= 15 is 0 Å². The van der Waals surface area contributed by atoms with Gasteiger partial charge in [-0.15, -0.1) is 0 Å². The summed E-state index contributed by atoms with van der Waals surface area (Å²) in [6, 6.07) is 30.2. The normalized spacial score (nSPS) is 16.1. The number of hydrogen-bond acceptors (Lipinski definition) is 3. The number of para-hydroxylation sites is 1. The number of aromatic amines is 1. The van der Waals surface area contributed by atoms with Gasteiger partial charge >= 0.3 is 0 Å². The average Bonchev–Trinajstić information content (AvgIpc) is 3.59. The zero-order valence-corrected chi connectivity index (χ0v) is 20.8. The number of carbonyl (C=O) groups is 1. The summed E-state index contributed by atoms with van der Waals surface area (Å²) in [6.07, 6.45) is 0. The molecule has 2 aliphatic rings. The Labute approximate surface area is 216 Å². The summed E-state index contributed by atoms with van der Waals surface area (Å²) in [5.41, 5.74) is 7.01. The van der Waals surface area contributed by atoms with Crippen LogP contribution in [-0.2, 0) is 6.54 Å². The Kier molecular flexibility index (Phi) is 4.89. The minimum atomic E-state index is -0.242. The van der Waals surface area contributed by atoms with Gasteiger partial charge in [-0.25, -0.2) is 0 Å². The lowest BCUT2D eigenvalue weighted by molar-refractivity contribution is 0.0737. The molecule has 3 heterocycles. The summed E-state index contributed by atoms with van der Waals surface area (Å²) >= 11 is 3.55. The van der Waals surface area contributed by atoms with Crippen molar-refractivity contribution in [2.45, 2.75) is 12.6 Å². The molecule has 0 saturated heterocycles. The SMILES string of the molecule is O=C1c2ccccc2[C@H](c2c(-c3ccc(Br)cc3)[nH]c3ccccc23)N1Cc1ccc2c(c1)OCO2. The largest absolute Gasteiger partial charge is 0.454 e. The monoisotopic (exact) mass is 536 g/mol. The molecule has 1 aromatic heterocycles. The number of nitrogens with zero attached hydrogens (tertiary/aromatic N) is 1. The maximum absolute atomic E-state index is 13.8. The minimum Gasteiger partial charge on any atom is -0.454 e. The number of rotatable bonds is 4. The number of carbonyl (C=O) groups excluding carboxylic acids is 1. The Bertz CT molecular complexity index is 1640. The van der Waals surface area contributed by atoms with E-state index in [0.29, 0.717) is 6.54 Å². The van der Waals surface area contributed by atoms with Crippen LogP contribution in [0.1, 0.15) is 33.1 Å². The molecule has 1 amide bonds. The average molecular weight is 537 g/mol. The van der Waals surface area contributed by atoms with Crippen molar-refractivity contribution in [3.05, 3.63) is 118 Å². The van der Waals surface area contributed by atoms with Gasteiger partial charge in [-0.3, -0.25) is 4.79 Å². The molecule has 5 nitrogen and oxygen atoms in total. The van der Waals surface area contributed by atoms with Crippen LogP contribution in [0.25, 0.3) is 22.2 Å². The second-order valence-electron chi connectivity index (χ2n) is 9.08. The van der Waals surface area contributed by atoms with Crippen LogP contribution in [0.3, 0.4) is 0 Å². The van der Waals surface area contributed by atoms with Crippen molar-refractivity contribution in [1.29, 1.82) is 0 Å². The molecule has 0 unspecified atom stereocenters. The molecule has 36 heavy (non-hydrogen) atoms. The van der Waals surface area contributed by atoms with Gasteiger partial charge < -0.3 is 19.4 Å². The van der Waals surface area contributed by atoms with Crippen molar-refractivity contribution in [3.63, 3.8) is 0 Å². The lowest BCUT2D eigenvalue weighted by atomic mass is 9.93. The fourth-order valence-electron chi connectivity index (χ4n) is 5.37. The number of nitrogens with one attached hydrogen (secondary N) is 1. The standard InChI is InChI=1S/C30H21BrN2O3/c31-20-12-10-19(11-13-20)28-27(23-7-3-4-8-24(23)32-28)29-21-5-1-2-6-22(21)30(34)33(29)16-18-9-14-25-26(15-18)36-17-35-25/h1-15,29,32H,16-17H2/t29-/m1/s1. The van der Waals surface area contributed by atoms with E-state index in [1.165, 1.54) is 0 Å². The highest BCUT2D eigenvalue weighted by Crippen LogP contribution is 2.46. The zero-order valence-electron chi connectivity index (χ0n) is 19.2. The highest BCUT2D eigenvalue weighted by Gasteiger charge is 2.40. The summed E-state index contributed by atoms with van der Waals surface area (Å²) < 4.78 is 12.1. The van der Waals surface area contributed by atoms with Crippen molar-refractivity contribution in [1.82, 2.24) is 9.88 Å². The number of halogens is 1. The Balaban J connectivity index is 1.42. The second-order valence-corrected chi connectivity index (χ2v) is 9.99. The van der Waals surface area contributed by atoms with E-state index in [1.54, 1.807) is 0 Å². The molecule has 0 spiro atoms.